The lowest BCUT2D eigenvalue weighted by atomic mass is 9.68. The first-order valence-corrected chi connectivity index (χ1v) is 26.6. The third-order valence-electron chi connectivity index (χ3n) is 16.6. The standard InChI is InChI=1S/C35H32N4O.C30H24N4.2CH4/c1-4-14-29-26(11-1)27-12-2-5-15-30(27)35(29,24-10-9-20-36-22-24)25-18-19-32(37-23-25)34-28-13-3-6-16-31(28)38-39(34)33-17-7-8-21-40-33;1-4-12-25-22(9-1)23-10-2-5-13-26(23)30(25,20-8-7-17-31-18-20)21-15-16-28(32-19-21)29-24-11-3-6-14-27(24)33-34-29;;/h1-2,4-5,9-12,14-15,18-20,22-23,33H,3,6-8,13,16-17,21H2;1-2,4-5,7-10,12-13,15-19H,3,6,11,14H2,(H,33,34);2*1H4. The molecule has 1 fully saturated rings. The predicted octanol–water partition coefficient (Wildman–Crippen LogP) is 14.7. The molecular formula is C67H64N8O. The number of nitrogens with one attached hydrogen (secondary N) is 1. The van der Waals surface area contributed by atoms with Crippen LogP contribution in [0.25, 0.3) is 45.0 Å². The molecule has 9 heteroatoms. The number of rotatable bonds is 7. The summed E-state index contributed by atoms with van der Waals surface area (Å²) in [6.45, 7) is 0.799. The smallest absolute Gasteiger partial charge is 0.150 e. The lowest BCUT2D eigenvalue weighted by Crippen LogP contribution is -2.29. The molecule has 0 spiro atoms. The van der Waals surface area contributed by atoms with Crippen LogP contribution in [0, 0.1) is 0 Å². The number of fused-ring (bicyclic) bond motifs is 8. The van der Waals surface area contributed by atoms with Gasteiger partial charge in [0.25, 0.3) is 0 Å². The fourth-order valence-corrected chi connectivity index (χ4v) is 13.4. The lowest BCUT2D eigenvalue weighted by molar-refractivity contribution is -0.0386. The van der Waals surface area contributed by atoms with Crippen LogP contribution in [0.1, 0.15) is 133 Å². The highest BCUT2D eigenvalue weighted by Crippen LogP contribution is 2.57. The molecule has 76 heavy (non-hydrogen) atoms. The van der Waals surface area contributed by atoms with E-state index in [2.05, 4.69) is 165 Å². The number of aromatic amines is 1. The van der Waals surface area contributed by atoms with Crippen LogP contribution in [0.3, 0.4) is 0 Å². The highest BCUT2D eigenvalue weighted by atomic mass is 16.5. The van der Waals surface area contributed by atoms with Gasteiger partial charge < -0.3 is 4.74 Å². The van der Waals surface area contributed by atoms with E-state index in [0.717, 1.165) is 90.2 Å². The Morgan fingerprint density at radius 1 is 0.474 bits per heavy atom. The number of aryl methyl sites for hydroxylation is 2. The monoisotopic (exact) mass is 997 g/mol. The molecule has 4 aromatic carbocycles. The Kier molecular flexibility index (Phi) is 13.0. The molecule has 0 radical (unpaired) electrons. The molecule has 15 rings (SSSR count). The van der Waals surface area contributed by atoms with Gasteiger partial charge in [-0.25, -0.2) is 4.68 Å². The summed E-state index contributed by atoms with van der Waals surface area (Å²) in [6.07, 6.45) is 24.2. The summed E-state index contributed by atoms with van der Waals surface area (Å²) in [7, 11) is 0. The highest BCUT2D eigenvalue weighted by Gasteiger charge is 2.48. The van der Waals surface area contributed by atoms with Crippen molar-refractivity contribution in [2.45, 2.75) is 103 Å². The largest absolute Gasteiger partial charge is 0.356 e. The first-order chi connectivity index (χ1) is 36.7. The molecule has 1 N–H and O–H groups in total. The Balaban J connectivity index is 0.000000151. The molecule has 1 saturated heterocycles. The molecule has 1 aliphatic heterocycles. The van der Waals surface area contributed by atoms with Gasteiger partial charge in [-0.05, 0) is 162 Å². The maximum Gasteiger partial charge on any atom is 0.150 e. The topological polar surface area (TPSA) is 107 Å². The zero-order valence-electron chi connectivity index (χ0n) is 41.4. The number of pyridine rings is 4. The number of ether oxygens (including phenoxy) is 1. The number of nitrogens with zero attached hydrogens (tertiary/aromatic N) is 7. The van der Waals surface area contributed by atoms with Gasteiger partial charge in [0.1, 0.15) is 5.69 Å². The second-order valence-electron chi connectivity index (χ2n) is 20.5. The molecule has 4 aliphatic carbocycles. The first kappa shape index (κ1) is 48.8. The zero-order valence-corrected chi connectivity index (χ0v) is 41.4. The van der Waals surface area contributed by atoms with Gasteiger partial charge >= 0.3 is 0 Å². The molecule has 7 heterocycles. The summed E-state index contributed by atoms with van der Waals surface area (Å²) in [5, 5.41) is 13.0. The molecule has 5 aliphatic rings. The maximum absolute atomic E-state index is 6.23. The average molecular weight is 997 g/mol. The number of H-pyrrole nitrogens is 1. The van der Waals surface area contributed by atoms with Gasteiger partial charge in [-0.15, -0.1) is 0 Å². The predicted molar refractivity (Wildman–Crippen MR) is 303 cm³/mol. The van der Waals surface area contributed by atoms with Crippen molar-refractivity contribution >= 4 is 0 Å². The van der Waals surface area contributed by atoms with Crippen molar-refractivity contribution in [2.75, 3.05) is 6.61 Å². The van der Waals surface area contributed by atoms with E-state index in [9.17, 15) is 0 Å². The van der Waals surface area contributed by atoms with E-state index in [-0.39, 0.29) is 21.1 Å². The molecule has 0 amide bonds. The van der Waals surface area contributed by atoms with E-state index >= 15 is 0 Å². The number of hydrogen-bond acceptors (Lipinski definition) is 7. The Morgan fingerprint density at radius 2 is 0.974 bits per heavy atom. The van der Waals surface area contributed by atoms with Crippen molar-refractivity contribution in [3.05, 3.63) is 250 Å². The minimum Gasteiger partial charge on any atom is -0.356 e. The molecule has 0 saturated carbocycles. The summed E-state index contributed by atoms with van der Waals surface area (Å²) in [6, 6.07) is 52.3. The van der Waals surface area contributed by atoms with Crippen molar-refractivity contribution in [3.8, 4) is 45.0 Å². The molecule has 0 bridgehead atoms. The van der Waals surface area contributed by atoms with Crippen LogP contribution in [0.4, 0.5) is 0 Å². The van der Waals surface area contributed by atoms with Gasteiger partial charge in [-0.3, -0.25) is 25.0 Å². The molecule has 6 aromatic heterocycles. The van der Waals surface area contributed by atoms with Crippen LogP contribution in [-0.2, 0) is 41.3 Å². The summed E-state index contributed by atoms with van der Waals surface area (Å²) in [5.41, 5.74) is 23.1. The highest BCUT2D eigenvalue weighted by molar-refractivity contribution is 5.87. The Hall–Kier alpha value is -8.14. The van der Waals surface area contributed by atoms with E-state index in [1.807, 2.05) is 43.1 Å². The van der Waals surface area contributed by atoms with E-state index in [4.69, 9.17) is 19.8 Å². The Bertz CT molecular complexity index is 3580. The lowest BCUT2D eigenvalue weighted by Gasteiger charge is -2.33. The Morgan fingerprint density at radius 3 is 1.47 bits per heavy atom. The maximum atomic E-state index is 6.23. The summed E-state index contributed by atoms with van der Waals surface area (Å²) in [5.74, 6) is 0. The van der Waals surface area contributed by atoms with Gasteiger partial charge in [-0.2, -0.15) is 10.2 Å². The van der Waals surface area contributed by atoms with E-state index in [0.29, 0.717) is 0 Å². The fraction of sp³-hybridized carbons (Fsp3) is 0.254. The van der Waals surface area contributed by atoms with E-state index in [1.54, 1.807) is 0 Å². The van der Waals surface area contributed by atoms with Gasteiger partial charge in [0.15, 0.2) is 6.23 Å². The van der Waals surface area contributed by atoms with Gasteiger partial charge in [-0.1, -0.05) is 136 Å². The SMILES string of the molecule is C.C.c1cncc(C2(c3ccc(-c4c5c(nn4C4CCCCO4)CCCC5)nc3)c3ccccc3-c3ccccc32)c1.c1cncc(C2(c3ccc(-c4n[nH]c5c4CCCC5)nc3)c3ccccc3-c3ccccc32)c1. The average Bonchev–Trinajstić information content (AvgIpc) is 4.29. The van der Waals surface area contributed by atoms with Crippen LogP contribution in [-0.4, -0.2) is 46.5 Å². The van der Waals surface area contributed by atoms with Crippen molar-refractivity contribution in [1.29, 1.82) is 0 Å². The first-order valence-electron chi connectivity index (χ1n) is 26.6. The molecule has 1 unspecified atom stereocenters. The van der Waals surface area contributed by atoms with Crippen molar-refractivity contribution in [2.24, 2.45) is 0 Å². The van der Waals surface area contributed by atoms with Crippen LogP contribution < -0.4 is 0 Å². The normalized spacial score (nSPS) is 16.9. The molecule has 378 valence electrons. The third kappa shape index (κ3) is 7.61. The molecule has 10 aromatic rings. The number of benzene rings is 4. The fourth-order valence-electron chi connectivity index (χ4n) is 13.4. The summed E-state index contributed by atoms with van der Waals surface area (Å²) < 4.78 is 8.39. The third-order valence-corrected chi connectivity index (χ3v) is 16.6. The van der Waals surface area contributed by atoms with Crippen molar-refractivity contribution < 1.29 is 4.74 Å². The molecule has 1 atom stereocenters. The summed E-state index contributed by atoms with van der Waals surface area (Å²) in [4.78, 5) is 19.3. The van der Waals surface area contributed by atoms with Crippen molar-refractivity contribution in [1.82, 2.24) is 39.9 Å². The van der Waals surface area contributed by atoms with Crippen LogP contribution in [0.5, 0.6) is 0 Å². The Labute approximate surface area is 446 Å². The minimum atomic E-state index is -0.487. The molecule has 9 nitrogen and oxygen atoms in total. The second-order valence-corrected chi connectivity index (χ2v) is 20.5. The van der Waals surface area contributed by atoms with Gasteiger partial charge in [0.05, 0.1) is 33.6 Å². The van der Waals surface area contributed by atoms with Crippen LogP contribution >= 0.6 is 0 Å². The molecular weight excluding hydrogens is 933 g/mol. The summed E-state index contributed by atoms with van der Waals surface area (Å²) >= 11 is 0. The van der Waals surface area contributed by atoms with Crippen LogP contribution in [0.15, 0.2) is 183 Å². The number of hydrogen-bond donors (Lipinski definition) is 1. The second kappa shape index (κ2) is 20.2. The van der Waals surface area contributed by atoms with E-state index < -0.39 is 10.8 Å². The zero-order chi connectivity index (χ0) is 49.1. The minimum absolute atomic E-state index is 0. The van der Waals surface area contributed by atoms with Gasteiger partial charge in [0, 0.05) is 60.6 Å². The van der Waals surface area contributed by atoms with Crippen molar-refractivity contribution in [3.63, 3.8) is 0 Å². The quantitative estimate of drug-likeness (QED) is 0.169. The van der Waals surface area contributed by atoms with Gasteiger partial charge in [0.2, 0.25) is 0 Å². The van der Waals surface area contributed by atoms with E-state index in [1.165, 1.54) is 99.1 Å². The van der Waals surface area contributed by atoms with Crippen LogP contribution in [0.2, 0.25) is 0 Å². The number of aromatic nitrogens is 8.